The predicted octanol–water partition coefficient (Wildman–Crippen LogP) is 3.56. The molecule has 1 atom stereocenters. The van der Waals surface area contributed by atoms with Gasteiger partial charge in [-0.15, -0.1) is 0 Å². The molecule has 1 heterocycles. The summed E-state index contributed by atoms with van der Waals surface area (Å²) in [6.07, 6.45) is 14.2. The van der Waals surface area contributed by atoms with Crippen LogP contribution in [0.4, 0.5) is 0 Å². The summed E-state index contributed by atoms with van der Waals surface area (Å²) < 4.78 is 0. The molecule has 1 saturated carbocycles. The molecule has 2 nitrogen and oxygen atoms in total. The lowest BCUT2D eigenvalue weighted by Gasteiger charge is -2.15. The van der Waals surface area contributed by atoms with Crippen LogP contribution < -0.4 is 5.32 Å². The van der Waals surface area contributed by atoms with Crippen molar-refractivity contribution in [1.82, 2.24) is 10.2 Å². The van der Waals surface area contributed by atoms with Crippen LogP contribution in [0.1, 0.15) is 71.1 Å². The van der Waals surface area contributed by atoms with E-state index in [4.69, 9.17) is 0 Å². The van der Waals surface area contributed by atoms with E-state index in [-0.39, 0.29) is 0 Å². The minimum atomic E-state index is 0.797. The molecule has 2 heteroatoms. The van der Waals surface area contributed by atoms with Crippen LogP contribution in [0, 0.1) is 0 Å². The lowest BCUT2D eigenvalue weighted by Crippen LogP contribution is -2.33. The van der Waals surface area contributed by atoms with E-state index in [2.05, 4.69) is 17.1 Å². The number of hydrogen-bond donors (Lipinski definition) is 1. The summed E-state index contributed by atoms with van der Waals surface area (Å²) in [5, 5.41) is 3.75. The lowest BCUT2D eigenvalue weighted by atomic mass is 10.1. The van der Waals surface area contributed by atoms with E-state index in [1.165, 1.54) is 83.8 Å². The smallest absolute Gasteiger partial charge is 0.0207 e. The quantitative estimate of drug-likeness (QED) is 0.598. The fraction of sp³-hybridized carbons (Fsp3) is 1.00. The van der Waals surface area contributed by atoms with Gasteiger partial charge in [-0.3, -0.25) is 4.90 Å². The number of nitrogens with zero attached hydrogens (tertiary/aromatic N) is 1. The fourth-order valence-corrected chi connectivity index (χ4v) is 3.11. The molecule has 2 fully saturated rings. The monoisotopic (exact) mass is 252 g/mol. The SMILES string of the molecule is CCCCCCCCCNC1CCN(C2CC2)C1. The van der Waals surface area contributed by atoms with Gasteiger partial charge in [0.05, 0.1) is 0 Å². The topological polar surface area (TPSA) is 15.3 Å². The Kier molecular flexibility index (Phi) is 6.50. The number of rotatable bonds is 10. The summed E-state index contributed by atoms with van der Waals surface area (Å²) >= 11 is 0. The van der Waals surface area contributed by atoms with Crippen molar-refractivity contribution in [2.45, 2.75) is 83.2 Å². The molecule has 0 aromatic heterocycles. The zero-order chi connectivity index (χ0) is 12.6. The van der Waals surface area contributed by atoms with Gasteiger partial charge >= 0.3 is 0 Å². The van der Waals surface area contributed by atoms with Crippen LogP contribution in [0.25, 0.3) is 0 Å². The summed E-state index contributed by atoms with van der Waals surface area (Å²) in [6.45, 7) is 6.20. The second kappa shape index (κ2) is 8.16. The van der Waals surface area contributed by atoms with Gasteiger partial charge in [0.1, 0.15) is 0 Å². The van der Waals surface area contributed by atoms with Crippen molar-refractivity contribution in [3.05, 3.63) is 0 Å². The van der Waals surface area contributed by atoms with Crippen LogP contribution in [0.15, 0.2) is 0 Å². The van der Waals surface area contributed by atoms with Gasteiger partial charge in [-0.2, -0.15) is 0 Å². The molecular weight excluding hydrogens is 220 g/mol. The van der Waals surface area contributed by atoms with Crippen LogP contribution in [-0.2, 0) is 0 Å². The molecular formula is C16H32N2. The van der Waals surface area contributed by atoms with Gasteiger partial charge < -0.3 is 5.32 Å². The Labute approximate surface area is 114 Å². The molecule has 1 unspecified atom stereocenters. The molecule has 1 aliphatic carbocycles. The van der Waals surface area contributed by atoms with E-state index in [0.29, 0.717) is 0 Å². The Hall–Kier alpha value is -0.0800. The van der Waals surface area contributed by atoms with E-state index in [1.54, 1.807) is 0 Å². The maximum Gasteiger partial charge on any atom is 0.0207 e. The highest BCUT2D eigenvalue weighted by atomic mass is 15.2. The van der Waals surface area contributed by atoms with Crippen molar-refractivity contribution >= 4 is 0 Å². The van der Waals surface area contributed by atoms with Crippen molar-refractivity contribution in [2.24, 2.45) is 0 Å². The molecule has 0 radical (unpaired) electrons. The Balaban J connectivity index is 1.37. The highest BCUT2D eigenvalue weighted by Crippen LogP contribution is 2.29. The number of hydrogen-bond acceptors (Lipinski definition) is 2. The predicted molar refractivity (Wildman–Crippen MR) is 79.0 cm³/mol. The maximum absolute atomic E-state index is 3.75. The number of unbranched alkanes of at least 4 members (excludes halogenated alkanes) is 6. The first-order valence-electron chi connectivity index (χ1n) is 8.37. The van der Waals surface area contributed by atoms with E-state index >= 15 is 0 Å². The molecule has 0 bridgehead atoms. The summed E-state index contributed by atoms with van der Waals surface area (Å²) in [7, 11) is 0. The molecule has 106 valence electrons. The molecule has 0 aromatic rings. The van der Waals surface area contributed by atoms with Crippen molar-refractivity contribution in [3.63, 3.8) is 0 Å². The van der Waals surface area contributed by atoms with Gasteiger partial charge in [0, 0.05) is 25.2 Å². The minimum absolute atomic E-state index is 0.797. The first kappa shape index (κ1) is 14.3. The summed E-state index contributed by atoms with van der Waals surface area (Å²) in [5.41, 5.74) is 0. The fourth-order valence-electron chi connectivity index (χ4n) is 3.11. The molecule has 0 amide bonds. The normalized spacial score (nSPS) is 24.8. The molecule has 1 N–H and O–H groups in total. The third-order valence-electron chi connectivity index (χ3n) is 4.50. The summed E-state index contributed by atoms with van der Waals surface area (Å²) in [4.78, 5) is 2.70. The van der Waals surface area contributed by atoms with Gasteiger partial charge in [-0.25, -0.2) is 0 Å². The second-order valence-electron chi connectivity index (χ2n) is 6.29. The maximum atomic E-state index is 3.75. The van der Waals surface area contributed by atoms with Crippen molar-refractivity contribution in [1.29, 1.82) is 0 Å². The molecule has 1 saturated heterocycles. The average Bonchev–Trinajstić information content (AvgIpc) is 3.13. The molecule has 0 spiro atoms. The van der Waals surface area contributed by atoms with Gasteiger partial charge in [0.25, 0.3) is 0 Å². The largest absolute Gasteiger partial charge is 0.313 e. The van der Waals surface area contributed by atoms with Crippen LogP contribution in [-0.4, -0.2) is 36.6 Å². The average molecular weight is 252 g/mol. The Morgan fingerprint density at radius 1 is 0.944 bits per heavy atom. The molecule has 1 aliphatic heterocycles. The zero-order valence-corrected chi connectivity index (χ0v) is 12.3. The van der Waals surface area contributed by atoms with Gasteiger partial charge in [-0.1, -0.05) is 45.4 Å². The minimum Gasteiger partial charge on any atom is -0.313 e. The first-order chi connectivity index (χ1) is 8.90. The Morgan fingerprint density at radius 2 is 1.67 bits per heavy atom. The first-order valence-corrected chi connectivity index (χ1v) is 8.37. The highest BCUT2D eigenvalue weighted by Gasteiger charge is 2.33. The van der Waals surface area contributed by atoms with E-state index in [9.17, 15) is 0 Å². The lowest BCUT2D eigenvalue weighted by molar-refractivity contribution is 0.317. The zero-order valence-electron chi connectivity index (χ0n) is 12.3. The van der Waals surface area contributed by atoms with Crippen molar-refractivity contribution in [2.75, 3.05) is 19.6 Å². The van der Waals surface area contributed by atoms with E-state index < -0.39 is 0 Å². The third kappa shape index (κ3) is 5.27. The van der Waals surface area contributed by atoms with Gasteiger partial charge in [-0.05, 0) is 32.2 Å². The van der Waals surface area contributed by atoms with E-state index in [0.717, 1.165) is 12.1 Å². The Morgan fingerprint density at radius 3 is 2.39 bits per heavy atom. The highest BCUT2D eigenvalue weighted by molar-refractivity contribution is 4.91. The third-order valence-corrected chi connectivity index (χ3v) is 4.50. The molecule has 0 aromatic carbocycles. The number of likely N-dealkylation sites (tertiary alicyclic amines) is 1. The van der Waals surface area contributed by atoms with E-state index in [1.807, 2.05) is 0 Å². The molecule has 2 aliphatic rings. The van der Waals surface area contributed by atoms with Gasteiger partial charge in [0.2, 0.25) is 0 Å². The van der Waals surface area contributed by atoms with Crippen molar-refractivity contribution in [3.8, 4) is 0 Å². The summed E-state index contributed by atoms with van der Waals surface area (Å²) in [5.74, 6) is 0. The van der Waals surface area contributed by atoms with Crippen LogP contribution >= 0.6 is 0 Å². The number of nitrogens with one attached hydrogen (secondary N) is 1. The van der Waals surface area contributed by atoms with Crippen LogP contribution in [0.3, 0.4) is 0 Å². The molecule has 2 rings (SSSR count). The van der Waals surface area contributed by atoms with Crippen molar-refractivity contribution < 1.29 is 0 Å². The standard InChI is InChI=1S/C16H32N2/c1-2-3-4-5-6-7-8-12-17-15-11-13-18(14-15)16-9-10-16/h15-17H,2-14H2,1H3. The molecule has 18 heavy (non-hydrogen) atoms. The Bertz CT molecular complexity index is 213. The van der Waals surface area contributed by atoms with Crippen LogP contribution in [0.5, 0.6) is 0 Å². The summed E-state index contributed by atoms with van der Waals surface area (Å²) in [6, 6.07) is 1.76. The second-order valence-corrected chi connectivity index (χ2v) is 6.29. The van der Waals surface area contributed by atoms with Crippen LogP contribution in [0.2, 0.25) is 0 Å². The van der Waals surface area contributed by atoms with Gasteiger partial charge in [0.15, 0.2) is 0 Å².